The van der Waals surface area contributed by atoms with Gasteiger partial charge in [0.2, 0.25) is 5.91 Å². The van der Waals surface area contributed by atoms with Crippen molar-refractivity contribution in [1.29, 1.82) is 0 Å². The first-order valence-electron chi connectivity index (χ1n) is 11.9. The van der Waals surface area contributed by atoms with Crippen LogP contribution >= 0.6 is 0 Å². The van der Waals surface area contributed by atoms with Crippen molar-refractivity contribution in [3.8, 4) is 5.75 Å². The van der Waals surface area contributed by atoms with Gasteiger partial charge in [0.05, 0.1) is 12.2 Å². The second-order valence-corrected chi connectivity index (χ2v) is 9.16. The summed E-state index contributed by atoms with van der Waals surface area (Å²) in [5.41, 5.74) is 0. The van der Waals surface area contributed by atoms with Crippen LogP contribution in [0.3, 0.4) is 0 Å². The molecule has 2 aliphatic rings. The van der Waals surface area contributed by atoms with Crippen molar-refractivity contribution in [1.82, 2.24) is 5.32 Å². The van der Waals surface area contributed by atoms with Crippen molar-refractivity contribution in [2.45, 2.75) is 88.9 Å². The van der Waals surface area contributed by atoms with Crippen LogP contribution in [0.5, 0.6) is 5.75 Å². The number of Topliss-reactive ketones (excluding diaryl/α,β-unsaturated/α-hetero) is 1. The predicted octanol–water partition coefficient (Wildman–Crippen LogP) is 3.39. The van der Waals surface area contributed by atoms with Crippen molar-refractivity contribution in [2.24, 2.45) is 11.8 Å². The standard InChI is InChI=1S/C25H37NO5/c27-19(17-31-20-8-4-3-5-9-20)14-15-22-21(23(28)16-24(22)29)10-6-1-2-7-11-25(30)26-18-12-13-18/h3-5,8-9,18-19,21-22,24,27,29H,1-2,6-7,10-17H2,(H,26,30)/t19-,21-,22-,24-/m1/s1. The molecule has 3 N–H and O–H groups in total. The zero-order valence-corrected chi connectivity index (χ0v) is 18.4. The SMILES string of the molecule is O=C(CCCCCC[C@H]1C(=O)C[C@@H](O)[C@@H]1CC[C@@H](O)COc1ccccc1)NC1CC1. The van der Waals surface area contributed by atoms with E-state index in [1.54, 1.807) is 0 Å². The van der Waals surface area contributed by atoms with Gasteiger partial charge >= 0.3 is 0 Å². The van der Waals surface area contributed by atoms with Gasteiger partial charge in [0.15, 0.2) is 0 Å². The molecule has 6 heteroatoms. The summed E-state index contributed by atoms with van der Waals surface area (Å²) in [6, 6.07) is 9.80. The van der Waals surface area contributed by atoms with Crippen molar-refractivity contribution in [2.75, 3.05) is 6.61 Å². The maximum Gasteiger partial charge on any atom is 0.220 e. The fraction of sp³-hybridized carbons (Fsp3) is 0.680. The van der Waals surface area contributed by atoms with E-state index in [1.165, 1.54) is 0 Å². The monoisotopic (exact) mass is 431 g/mol. The molecular weight excluding hydrogens is 394 g/mol. The van der Waals surface area contributed by atoms with Crippen LogP contribution in [-0.4, -0.2) is 46.8 Å². The molecule has 0 radical (unpaired) electrons. The Labute approximate surface area is 185 Å². The molecule has 1 aromatic carbocycles. The summed E-state index contributed by atoms with van der Waals surface area (Å²) in [5.74, 6) is 0.835. The summed E-state index contributed by atoms with van der Waals surface area (Å²) < 4.78 is 5.59. The van der Waals surface area contributed by atoms with Crippen LogP contribution in [0.25, 0.3) is 0 Å². The Kier molecular flexibility index (Phi) is 9.34. The van der Waals surface area contributed by atoms with E-state index in [0.29, 0.717) is 25.3 Å². The Morgan fingerprint density at radius 2 is 1.84 bits per heavy atom. The first-order valence-corrected chi connectivity index (χ1v) is 11.9. The highest BCUT2D eigenvalue weighted by atomic mass is 16.5. The second-order valence-electron chi connectivity index (χ2n) is 9.16. The predicted molar refractivity (Wildman–Crippen MR) is 119 cm³/mol. The fourth-order valence-electron chi connectivity index (χ4n) is 4.49. The lowest BCUT2D eigenvalue weighted by Gasteiger charge is -2.22. The maximum absolute atomic E-state index is 12.4. The molecule has 2 saturated carbocycles. The van der Waals surface area contributed by atoms with E-state index in [1.807, 2.05) is 30.3 Å². The lowest BCUT2D eigenvalue weighted by molar-refractivity contribution is -0.122. The normalized spacial score (nSPS) is 24.2. The third kappa shape index (κ3) is 8.26. The number of hydrogen-bond acceptors (Lipinski definition) is 5. The number of carbonyl (C=O) groups is 2. The van der Waals surface area contributed by atoms with Gasteiger partial charge in [-0.3, -0.25) is 9.59 Å². The lowest BCUT2D eigenvalue weighted by atomic mass is 9.85. The van der Waals surface area contributed by atoms with Crippen molar-refractivity contribution in [3.63, 3.8) is 0 Å². The van der Waals surface area contributed by atoms with Gasteiger partial charge in [-0.05, 0) is 56.6 Å². The average molecular weight is 432 g/mol. The molecule has 0 spiro atoms. The number of unbranched alkanes of at least 4 members (excludes halogenated alkanes) is 3. The Balaban J connectivity index is 1.31. The number of rotatable bonds is 14. The summed E-state index contributed by atoms with van der Waals surface area (Å²) in [5, 5.41) is 23.6. The molecule has 172 valence electrons. The van der Waals surface area contributed by atoms with E-state index in [-0.39, 0.29) is 36.6 Å². The van der Waals surface area contributed by atoms with Gasteiger partial charge in [-0.1, -0.05) is 37.5 Å². The average Bonchev–Trinajstić information content (AvgIpc) is 3.52. The Morgan fingerprint density at radius 3 is 2.58 bits per heavy atom. The highest BCUT2D eigenvalue weighted by Gasteiger charge is 2.40. The van der Waals surface area contributed by atoms with E-state index in [4.69, 9.17) is 4.74 Å². The lowest BCUT2D eigenvalue weighted by Crippen LogP contribution is -2.25. The molecule has 0 bridgehead atoms. The van der Waals surface area contributed by atoms with Gasteiger partial charge < -0.3 is 20.3 Å². The van der Waals surface area contributed by atoms with Crippen LogP contribution in [-0.2, 0) is 9.59 Å². The number of carbonyl (C=O) groups excluding carboxylic acids is 2. The van der Waals surface area contributed by atoms with E-state index >= 15 is 0 Å². The molecule has 0 heterocycles. The molecule has 0 aromatic heterocycles. The fourth-order valence-corrected chi connectivity index (χ4v) is 4.49. The largest absolute Gasteiger partial charge is 0.491 e. The van der Waals surface area contributed by atoms with Crippen molar-refractivity contribution < 1.29 is 24.5 Å². The number of para-hydroxylation sites is 1. The number of hydrogen-bond donors (Lipinski definition) is 3. The van der Waals surface area contributed by atoms with Gasteiger partial charge in [-0.15, -0.1) is 0 Å². The molecule has 1 aromatic rings. The van der Waals surface area contributed by atoms with Crippen LogP contribution in [0.4, 0.5) is 0 Å². The van der Waals surface area contributed by atoms with Crippen LogP contribution in [0, 0.1) is 11.8 Å². The van der Waals surface area contributed by atoms with Gasteiger partial charge in [0, 0.05) is 24.8 Å². The van der Waals surface area contributed by atoms with E-state index in [9.17, 15) is 19.8 Å². The second kappa shape index (κ2) is 12.2. The highest BCUT2D eigenvalue weighted by molar-refractivity contribution is 5.84. The zero-order chi connectivity index (χ0) is 22.1. The first-order chi connectivity index (χ1) is 15.0. The summed E-state index contributed by atoms with van der Waals surface area (Å²) in [6.45, 7) is 0.208. The summed E-state index contributed by atoms with van der Waals surface area (Å²) in [6.07, 6.45) is 7.54. The smallest absolute Gasteiger partial charge is 0.220 e. The zero-order valence-electron chi connectivity index (χ0n) is 18.4. The van der Waals surface area contributed by atoms with E-state index in [2.05, 4.69) is 5.32 Å². The number of aliphatic hydroxyl groups is 2. The minimum absolute atomic E-state index is 0.0804. The van der Waals surface area contributed by atoms with Gasteiger partial charge in [0.25, 0.3) is 0 Å². The molecule has 6 nitrogen and oxygen atoms in total. The quantitative estimate of drug-likeness (QED) is 0.393. The number of aliphatic hydroxyl groups excluding tert-OH is 2. The molecule has 1 amide bonds. The Hall–Kier alpha value is -1.92. The van der Waals surface area contributed by atoms with Gasteiger partial charge in [-0.25, -0.2) is 0 Å². The van der Waals surface area contributed by atoms with Crippen LogP contribution in [0.1, 0.15) is 70.6 Å². The van der Waals surface area contributed by atoms with E-state index in [0.717, 1.165) is 50.7 Å². The molecule has 3 rings (SSSR count). The molecule has 4 atom stereocenters. The molecule has 31 heavy (non-hydrogen) atoms. The number of amides is 1. The summed E-state index contributed by atoms with van der Waals surface area (Å²) in [7, 11) is 0. The Morgan fingerprint density at radius 1 is 1.10 bits per heavy atom. The van der Waals surface area contributed by atoms with Crippen LogP contribution < -0.4 is 10.1 Å². The number of ketones is 1. The van der Waals surface area contributed by atoms with Crippen molar-refractivity contribution in [3.05, 3.63) is 30.3 Å². The van der Waals surface area contributed by atoms with Gasteiger partial charge in [-0.2, -0.15) is 0 Å². The minimum atomic E-state index is -0.620. The molecule has 0 unspecified atom stereocenters. The molecule has 0 saturated heterocycles. The van der Waals surface area contributed by atoms with Gasteiger partial charge in [0.1, 0.15) is 18.1 Å². The highest BCUT2D eigenvalue weighted by Crippen LogP contribution is 2.36. The molecule has 2 aliphatic carbocycles. The molecule has 0 aliphatic heterocycles. The Bertz CT molecular complexity index is 690. The van der Waals surface area contributed by atoms with Crippen LogP contribution in [0.2, 0.25) is 0 Å². The number of nitrogens with one attached hydrogen (secondary N) is 1. The minimum Gasteiger partial charge on any atom is -0.491 e. The third-order valence-corrected chi connectivity index (χ3v) is 6.47. The maximum atomic E-state index is 12.4. The third-order valence-electron chi connectivity index (χ3n) is 6.47. The van der Waals surface area contributed by atoms with Crippen molar-refractivity contribution >= 4 is 11.7 Å². The van der Waals surface area contributed by atoms with E-state index < -0.39 is 12.2 Å². The topological polar surface area (TPSA) is 95.9 Å². The number of benzene rings is 1. The summed E-state index contributed by atoms with van der Waals surface area (Å²) >= 11 is 0. The summed E-state index contributed by atoms with van der Waals surface area (Å²) in [4.78, 5) is 24.1. The molecule has 2 fully saturated rings. The van der Waals surface area contributed by atoms with Crippen LogP contribution in [0.15, 0.2) is 30.3 Å². The molecular formula is C25H37NO5. The first kappa shape index (κ1) is 23.7. The number of ether oxygens (including phenoxy) is 1.